The molecule has 28 heavy (non-hydrogen) atoms. The Morgan fingerprint density at radius 2 is 1.18 bits per heavy atom. The monoisotopic (exact) mass is 429 g/mol. The van der Waals surface area contributed by atoms with E-state index in [1.54, 1.807) is 0 Å². The van der Waals surface area contributed by atoms with Crippen LogP contribution in [0.15, 0.2) is 97.2 Å². The van der Waals surface area contributed by atoms with E-state index >= 15 is 0 Å². The fraction of sp³-hybridized carbons (Fsp3) is 0.0417. The van der Waals surface area contributed by atoms with Crippen LogP contribution in [0.5, 0.6) is 0 Å². The van der Waals surface area contributed by atoms with Crippen molar-refractivity contribution in [2.75, 3.05) is 5.32 Å². The van der Waals surface area contributed by atoms with Crippen LogP contribution < -0.4 is 11.1 Å². The molecule has 3 N–H and O–H groups in total. The second kappa shape index (κ2) is 8.38. The first-order chi connectivity index (χ1) is 13.7. The molecule has 0 spiro atoms. The van der Waals surface area contributed by atoms with Crippen LogP contribution in [0.3, 0.4) is 0 Å². The van der Waals surface area contributed by atoms with Crippen molar-refractivity contribution in [3.8, 4) is 33.4 Å². The summed E-state index contributed by atoms with van der Waals surface area (Å²) in [5, 5.41) is 2.80. The van der Waals surface area contributed by atoms with Crippen LogP contribution in [0.1, 0.15) is 0 Å². The Labute approximate surface area is 173 Å². The van der Waals surface area contributed by atoms with Gasteiger partial charge >= 0.3 is 0 Å². The SMILES string of the molecule is NC(Br)Nc1ncc(-c2ccc(-c3ccccc3)cc2)cc1-c1ccccc1. The number of pyridine rings is 1. The van der Waals surface area contributed by atoms with Crippen LogP contribution in [0.25, 0.3) is 33.4 Å². The van der Waals surface area contributed by atoms with Crippen LogP contribution in [0, 0.1) is 0 Å². The highest BCUT2D eigenvalue weighted by Gasteiger charge is 2.11. The third-order valence-electron chi connectivity index (χ3n) is 4.57. The molecule has 0 saturated heterocycles. The molecule has 1 unspecified atom stereocenters. The van der Waals surface area contributed by atoms with Crippen molar-refractivity contribution in [2.45, 2.75) is 5.08 Å². The first-order valence-corrected chi connectivity index (χ1v) is 10.00. The van der Waals surface area contributed by atoms with Crippen molar-refractivity contribution in [1.29, 1.82) is 0 Å². The number of anilines is 1. The lowest BCUT2D eigenvalue weighted by molar-refractivity contribution is 1.06. The maximum atomic E-state index is 5.86. The molecule has 3 nitrogen and oxygen atoms in total. The highest BCUT2D eigenvalue weighted by molar-refractivity contribution is 9.09. The van der Waals surface area contributed by atoms with Crippen molar-refractivity contribution in [1.82, 2.24) is 4.98 Å². The molecule has 1 aromatic heterocycles. The number of aromatic nitrogens is 1. The standard InChI is InChI=1S/C24H20BrN3/c25-24(26)28-23-22(20-9-5-2-6-10-20)15-21(16-27-23)19-13-11-18(12-14-19)17-7-3-1-4-8-17/h1-16,24H,26H2,(H,27,28). The van der Waals surface area contributed by atoms with E-state index < -0.39 is 0 Å². The molecule has 0 saturated carbocycles. The minimum Gasteiger partial charge on any atom is -0.345 e. The molecule has 4 rings (SSSR count). The number of halogens is 1. The number of nitrogens with zero attached hydrogens (tertiary/aromatic N) is 1. The van der Waals surface area contributed by atoms with Crippen molar-refractivity contribution < 1.29 is 0 Å². The van der Waals surface area contributed by atoms with Gasteiger partial charge in [-0.25, -0.2) is 4.98 Å². The molecule has 4 aromatic rings. The summed E-state index contributed by atoms with van der Waals surface area (Å²) in [5.74, 6) is 0.750. The van der Waals surface area contributed by atoms with E-state index in [2.05, 4.69) is 93.0 Å². The normalized spacial score (nSPS) is 11.8. The first-order valence-electron chi connectivity index (χ1n) is 9.08. The van der Waals surface area contributed by atoms with Crippen LogP contribution >= 0.6 is 15.9 Å². The first kappa shape index (κ1) is 18.4. The number of nitrogens with one attached hydrogen (secondary N) is 1. The summed E-state index contributed by atoms with van der Waals surface area (Å²) in [6.45, 7) is 0. The maximum absolute atomic E-state index is 5.86. The Hall–Kier alpha value is -2.95. The average Bonchev–Trinajstić information content (AvgIpc) is 2.75. The summed E-state index contributed by atoms with van der Waals surface area (Å²) in [4.78, 5) is 4.63. The third kappa shape index (κ3) is 4.14. The fourth-order valence-electron chi connectivity index (χ4n) is 3.19. The van der Waals surface area contributed by atoms with Gasteiger partial charge in [0.2, 0.25) is 0 Å². The molecule has 3 aromatic carbocycles. The van der Waals surface area contributed by atoms with Gasteiger partial charge in [-0.05, 0) is 44.3 Å². The zero-order chi connectivity index (χ0) is 19.3. The predicted octanol–water partition coefficient (Wildman–Crippen LogP) is 6.13. The van der Waals surface area contributed by atoms with Crippen LogP contribution in [0.2, 0.25) is 0 Å². The largest absolute Gasteiger partial charge is 0.345 e. The molecule has 1 heterocycles. The van der Waals surface area contributed by atoms with Gasteiger partial charge < -0.3 is 11.1 Å². The van der Waals surface area contributed by atoms with Crippen molar-refractivity contribution in [3.05, 3.63) is 97.2 Å². The highest BCUT2D eigenvalue weighted by Crippen LogP contribution is 2.32. The number of benzene rings is 3. The number of rotatable bonds is 5. The molecule has 4 heteroatoms. The second-order valence-electron chi connectivity index (χ2n) is 6.48. The van der Waals surface area contributed by atoms with Crippen molar-refractivity contribution in [3.63, 3.8) is 0 Å². The summed E-state index contributed by atoms with van der Waals surface area (Å²) in [6, 6.07) is 31.3. The van der Waals surface area contributed by atoms with Gasteiger partial charge in [0.25, 0.3) is 0 Å². The molecule has 1 atom stereocenters. The van der Waals surface area contributed by atoms with Crippen molar-refractivity contribution >= 4 is 21.7 Å². The van der Waals surface area contributed by atoms with E-state index in [4.69, 9.17) is 5.73 Å². The van der Waals surface area contributed by atoms with Gasteiger partial charge in [-0.1, -0.05) is 84.9 Å². The Bertz CT molecular complexity index is 1050. The quantitative estimate of drug-likeness (QED) is 0.227. The summed E-state index contributed by atoms with van der Waals surface area (Å²) in [5.41, 5.74) is 12.6. The predicted molar refractivity (Wildman–Crippen MR) is 121 cm³/mol. The number of hydrogen-bond acceptors (Lipinski definition) is 3. The zero-order valence-corrected chi connectivity index (χ0v) is 16.8. The summed E-state index contributed by atoms with van der Waals surface area (Å²) in [7, 11) is 0. The minimum absolute atomic E-state index is 0.363. The van der Waals surface area contributed by atoms with Crippen molar-refractivity contribution in [2.24, 2.45) is 5.73 Å². The molecule has 0 aliphatic carbocycles. The number of hydrogen-bond donors (Lipinski definition) is 2. The van der Waals surface area contributed by atoms with Crippen LogP contribution in [0.4, 0.5) is 5.82 Å². The van der Waals surface area contributed by atoms with Crippen LogP contribution in [-0.4, -0.2) is 10.1 Å². The van der Waals surface area contributed by atoms with E-state index in [0.29, 0.717) is 0 Å². The summed E-state index contributed by atoms with van der Waals surface area (Å²) < 4.78 is 0. The minimum atomic E-state index is -0.363. The van der Waals surface area contributed by atoms with Gasteiger partial charge in [-0.15, -0.1) is 0 Å². The van der Waals surface area contributed by atoms with E-state index in [1.807, 2.05) is 30.5 Å². The van der Waals surface area contributed by atoms with Gasteiger partial charge in [0, 0.05) is 17.3 Å². The lowest BCUT2D eigenvalue weighted by atomic mass is 9.98. The zero-order valence-electron chi connectivity index (χ0n) is 15.2. The lowest BCUT2D eigenvalue weighted by Crippen LogP contribution is -2.22. The van der Waals surface area contributed by atoms with Gasteiger partial charge in [0.05, 0.1) is 0 Å². The van der Waals surface area contributed by atoms with E-state index in [1.165, 1.54) is 11.1 Å². The second-order valence-corrected chi connectivity index (χ2v) is 7.46. The highest BCUT2D eigenvalue weighted by atomic mass is 79.9. The van der Waals surface area contributed by atoms with Crippen LogP contribution in [-0.2, 0) is 0 Å². The number of alkyl halides is 1. The Morgan fingerprint density at radius 3 is 1.75 bits per heavy atom. The maximum Gasteiger partial charge on any atom is 0.135 e. The molecular weight excluding hydrogens is 410 g/mol. The summed E-state index contributed by atoms with van der Waals surface area (Å²) >= 11 is 3.34. The van der Waals surface area contributed by atoms with E-state index in [9.17, 15) is 0 Å². The number of nitrogens with two attached hydrogens (primary N) is 1. The topological polar surface area (TPSA) is 50.9 Å². The van der Waals surface area contributed by atoms with Gasteiger partial charge in [0.1, 0.15) is 10.9 Å². The van der Waals surface area contributed by atoms with Gasteiger partial charge in [-0.3, -0.25) is 0 Å². The molecule has 0 radical (unpaired) electrons. The molecule has 0 aliphatic heterocycles. The molecule has 0 fully saturated rings. The van der Waals surface area contributed by atoms with E-state index in [-0.39, 0.29) is 5.08 Å². The lowest BCUT2D eigenvalue weighted by Gasteiger charge is -2.15. The Morgan fingerprint density at radius 1 is 0.679 bits per heavy atom. The smallest absolute Gasteiger partial charge is 0.135 e. The van der Waals surface area contributed by atoms with Gasteiger partial charge in [-0.2, -0.15) is 0 Å². The molecule has 0 amide bonds. The van der Waals surface area contributed by atoms with Gasteiger partial charge in [0.15, 0.2) is 0 Å². The summed E-state index contributed by atoms with van der Waals surface area (Å²) in [6.07, 6.45) is 1.88. The molecular formula is C24H20BrN3. The third-order valence-corrected chi connectivity index (χ3v) is 4.80. The van der Waals surface area contributed by atoms with E-state index in [0.717, 1.165) is 28.1 Å². The fourth-order valence-corrected chi connectivity index (χ4v) is 3.41. The molecule has 0 bridgehead atoms. The Kier molecular flexibility index (Phi) is 5.51. The Balaban J connectivity index is 1.72. The molecule has 138 valence electrons. The molecule has 0 aliphatic rings. The average molecular weight is 430 g/mol.